The van der Waals surface area contributed by atoms with Gasteiger partial charge in [0.2, 0.25) is 6.43 Å². The van der Waals surface area contributed by atoms with E-state index in [4.69, 9.17) is 11.6 Å². The first kappa shape index (κ1) is 13.3. The van der Waals surface area contributed by atoms with Gasteiger partial charge in [0.05, 0.1) is 5.56 Å². The van der Waals surface area contributed by atoms with Crippen molar-refractivity contribution >= 4 is 17.4 Å². The molecular weight excluding hydrogens is 272 g/mol. The topological polar surface area (TPSA) is 17.1 Å². The van der Waals surface area contributed by atoms with Crippen LogP contribution in [0.2, 0.25) is 5.02 Å². The minimum absolute atomic E-state index is 0.0327. The Morgan fingerprint density at radius 3 is 2.44 bits per heavy atom. The number of alkyl halides is 2. The Morgan fingerprint density at radius 1 is 1.28 bits per heavy atom. The van der Waals surface area contributed by atoms with Gasteiger partial charge in [-0.15, -0.1) is 0 Å². The largest absolute Gasteiger partial charge is 0.294 e. The number of halogens is 5. The van der Waals surface area contributed by atoms with E-state index in [1.165, 1.54) is 0 Å². The molecule has 0 spiro atoms. The first-order valence-corrected chi connectivity index (χ1v) is 5.75. The zero-order valence-electron chi connectivity index (χ0n) is 9.10. The Balaban J connectivity index is 2.14. The molecule has 1 nitrogen and oxygen atoms in total. The van der Waals surface area contributed by atoms with Gasteiger partial charge in [-0.05, 0) is 25.0 Å². The van der Waals surface area contributed by atoms with Crippen molar-refractivity contribution in [2.24, 2.45) is 11.8 Å². The summed E-state index contributed by atoms with van der Waals surface area (Å²) in [5.74, 6) is -4.10. The van der Waals surface area contributed by atoms with Crippen molar-refractivity contribution in [1.82, 2.24) is 0 Å². The molecule has 0 saturated heterocycles. The van der Waals surface area contributed by atoms with Crippen LogP contribution in [0.25, 0.3) is 0 Å². The van der Waals surface area contributed by atoms with E-state index in [1.807, 2.05) is 0 Å². The zero-order chi connectivity index (χ0) is 13.4. The van der Waals surface area contributed by atoms with Crippen LogP contribution in [0.1, 0.15) is 23.2 Å². The summed E-state index contributed by atoms with van der Waals surface area (Å²) in [6.45, 7) is 0. The first-order valence-electron chi connectivity index (χ1n) is 5.37. The number of benzene rings is 1. The molecule has 1 saturated carbocycles. The Bertz CT molecular complexity index is 483. The summed E-state index contributed by atoms with van der Waals surface area (Å²) in [5.41, 5.74) is -0.334. The molecule has 1 aliphatic carbocycles. The minimum atomic E-state index is -2.46. The van der Waals surface area contributed by atoms with E-state index in [1.54, 1.807) is 0 Å². The van der Waals surface area contributed by atoms with E-state index < -0.39 is 40.7 Å². The molecule has 0 radical (unpaired) electrons. The fraction of sp³-hybridized carbons (Fsp3) is 0.417. The normalized spacial score (nSPS) is 23.0. The fourth-order valence-corrected chi connectivity index (χ4v) is 2.18. The van der Waals surface area contributed by atoms with Crippen molar-refractivity contribution in [1.29, 1.82) is 0 Å². The summed E-state index contributed by atoms with van der Waals surface area (Å²) in [4.78, 5) is 11.8. The Morgan fingerprint density at radius 2 is 1.89 bits per heavy atom. The average Bonchev–Trinajstić information content (AvgIpc) is 2.23. The van der Waals surface area contributed by atoms with Gasteiger partial charge in [0.25, 0.3) is 0 Å². The number of carbonyl (C=O) groups excluding carboxylic acids is 1. The summed E-state index contributed by atoms with van der Waals surface area (Å²) >= 11 is 5.35. The van der Waals surface area contributed by atoms with E-state index in [9.17, 15) is 22.4 Å². The number of ketones is 1. The molecule has 2 rings (SSSR count). The smallest absolute Gasteiger partial charge is 0.241 e. The van der Waals surface area contributed by atoms with E-state index in [2.05, 4.69) is 0 Å². The second-order valence-corrected chi connectivity index (χ2v) is 4.73. The lowest BCUT2D eigenvalue weighted by atomic mass is 9.71. The lowest BCUT2D eigenvalue weighted by Crippen LogP contribution is -2.34. The van der Waals surface area contributed by atoms with E-state index in [0.717, 1.165) is 12.1 Å². The van der Waals surface area contributed by atoms with Crippen LogP contribution in [0.15, 0.2) is 12.1 Å². The lowest BCUT2D eigenvalue weighted by Gasteiger charge is -2.33. The minimum Gasteiger partial charge on any atom is -0.294 e. The maximum Gasteiger partial charge on any atom is 0.241 e. The molecule has 1 aromatic rings. The van der Waals surface area contributed by atoms with Crippen molar-refractivity contribution in [3.05, 3.63) is 34.4 Å². The molecular formula is C12H9ClF4O. The van der Waals surface area contributed by atoms with Crippen molar-refractivity contribution < 1.29 is 22.4 Å². The van der Waals surface area contributed by atoms with Gasteiger partial charge in [-0.2, -0.15) is 0 Å². The molecule has 0 N–H and O–H groups in total. The summed E-state index contributed by atoms with van der Waals surface area (Å²) in [6.07, 6.45) is -2.40. The lowest BCUT2D eigenvalue weighted by molar-refractivity contribution is 0.00627. The van der Waals surface area contributed by atoms with Crippen LogP contribution in [0.5, 0.6) is 0 Å². The van der Waals surface area contributed by atoms with E-state index in [-0.39, 0.29) is 18.4 Å². The van der Waals surface area contributed by atoms with Gasteiger partial charge in [0.1, 0.15) is 10.8 Å². The molecule has 98 valence electrons. The molecule has 18 heavy (non-hydrogen) atoms. The van der Waals surface area contributed by atoms with Gasteiger partial charge in [0.15, 0.2) is 11.6 Å². The molecule has 0 unspecified atom stereocenters. The molecule has 0 atom stereocenters. The number of hydrogen-bond donors (Lipinski definition) is 0. The summed E-state index contributed by atoms with van der Waals surface area (Å²) < 4.78 is 51.0. The standard InChI is InChI=1S/C12H9ClF4O/c13-9-8(14)2-1-7(10(9)15)11(18)5-3-6(4-5)12(16)17/h1-2,5-6,12H,3-4H2. The Labute approximate surface area is 106 Å². The molecule has 6 heteroatoms. The van der Waals surface area contributed by atoms with Gasteiger partial charge in [0, 0.05) is 11.8 Å². The second kappa shape index (κ2) is 4.88. The number of rotatable bonds is 3. The SMILES string of the molecule is O=C(c1ccc(F)c(Cl)c1F)C1CC(C(F)F)C1. The molecule has 1 aromatic carbocycles. The Hall–Kier alpha value is -1.10. The third-order valence-electron chi connectivity index (χ3n) is 3.20. The van der Waals surface area contributed by atoms with Crippen LogP contribution in [0, 0.1) is 23.5 Å². The number of carbonyl (C=O) groups is 1. The van der Waals surface area contributed by atoms with Gasteiger partial charge in [-0.3, -0.25) is 4.79 Å². The van der Waals surface area contributed by atoms with Crippen LogP contribution in [0.3, 0.4) is 0 Å². The third kappa shape index (κ3) is 2.23. The van der Waals surface area contributed by atoms with Crippen molar-refractivity contribution in [2.75, 3.05) is 0 Å². The van der Waals surface area contributed by atoms with Gasteiger partial charge in [-0.1, -0.05) is 11.6 Å². The molecule has 0 bridgehead atoms. The predicted octanol–water partition coefficient (Wildman–Crippen LogP) is 4.09. The van der Waals surface area contributed by atoms with Gasteiger partial charge >= 0.3 is 0 Å². The van der Waals surface area contributed by atoms with E-state index in [0.29, 0.717) is 0 Å². The van der Waals surface area contributed by atoms with Crippen LogP contribution in [0.4, 0.5) is 17.6 Å². The first-order chi connectivity index (χ1) is 8.41. The van der Waals surface area contributed by atoms with Crippen LogP contribution >= 0.6 is 11.6 Å². The highest BCUT2D eigenvalue weighted by atomic mass is 35.5. The highest BCUT2D eigenvalue weighted by Gasteiger charge is 2.40. The predicted molar refractivity (Wildman–Crippen MR) is 57.9 cm³/mol. The van der Waals surface area contributed by atoms with Gasteiger partial charge < -0.3 is 0 Å². The number of hydrogen-bond acceptors (Lipinski definition) is 1. The maximum atomic E-state index is 13.5. The maximum absolute atomic E-state index is 13.5. The summed E-state index contributed by atoms with van der Waals surface area (Å²) in [7, 11) is 0. The summed E-state index contributed by atoms with van der Waals surface area (Å²) in [5, 5.41) is -0.745. The molecule has 0 amide bonds. The number of Topliss-reactive ketones (excluding diaryl/α,β-unsaturated/α-hetero) is 1. The van der Waals surface area contributed by atoms with Crippen LogP contribution < -0.4 is 0 Å². The molecule has 0 aliphatic heterocycles. The van der Waals surface area contributed by atoms with Gasteiger partial charge in [-0.25, -0.2) is 17.6 Å². The van der Waals surface area contributed by atoms with Crippen molar-refractivity contribution in [2.45, 2.75) is 19.3 Å². The quantitative estimate of drug-likeness (QED) is 0.463. The second-order valence-electron chi connectivity index (χ2n) is 4.35. The van der Waals surface area contributed by atoms with E-state index >= 15 is 0 Å². The zero-order valence-corrected chi connectivity index (χ0v) is 9.85. The molecule has 1 aliphatic rings. The monoisotopic (exact) mass is 280 g/mol. The van der Waals surface area contributed by atoms with Crippen LogP contribution in [-0.4, -0.2) is 12.2 Å². The third-order valence-corrected chi connectivity index (χ3v) is 3.55. The average molecular weight is 281 g/mol. The fourth-order valence-electron chi connectivity index (χ4n) is 2.02. The Kier molecular flexibility index (Phi) is 3.61. The van der Waals surface area contributed by atoms with Crippen molar-refractivity contribution in [3.8, 4) is 0 Å². The summed E-state index contributed by atoms with van der Waals surface area (Å²) in [6, 6.07) is 1.89. The molecule has 0 aromatic heterocycles. The highest BCUT2D eigenvalue weighted by molar-refractivity contribution is 6.31. The molecule has 1 fully saturated rings. The van der Waals surface area contributed by atoms with Crippen LogP contribution in [-0.2, 0) is 0 Å². The molecule has 0 heterocycles. The highest BCUT2D eigenvalue weighted by Crippen LogP contribution is 2.40. The van der Waals surface area contributed by atoms with Crippen molar-refractivity contribution in [3.63, 3.8) is 0 Å².